The highest BCUT2D eigenvalue weighted by Gasteiger charge is 2.58. The molecule has 2 heterocycles. The lowest BCUT2D eigenvalue weighted by molar-refractivity contribution is -0.268. The molecule has 1 unspecified atom stereocenters. The number of aryl methyl sites for hydroxylation is 1. The van der Waals surface area contributed by atoms with Crippen LogP contribution in [0, 0.1) is 6.92 Å². The predicted octanol–water partition coefficient (Wildman–Crippen LogP) is 2.99. The Morgan fingerprint density at radius 1 is 1.12 bits per heavy atom. The van der Waals surface area contributed by atoms with Gasteiger partial charge in [0.25, 0.3) is 5.91 Å². The van der Waals surface area contributed by atoms with E-state index in [0.29, 0.717) is 27.8 Å². The average Bonchev–Trinajstić information content (AvgIpc) is 3.19. The molecule has 1 aromatic heterocycles. The van der Waals surface area contributed by atoms with Crippen molar-refractivity contribution in [2.75, 3.05) is 32.8 Å². The topological polar surface area (TPSA) is 83.0 Å². The predicted molar refractivity (Wildman–Crippen MR) is 112 cm³/mol. The number of amides is 2. The Morgan fingerprint density at radius 2 is 1.69 bits per heavy atom. The maximum atomic E-state index is 13.6. The van der Waals surface area contributed by atoms with Gasteiger partial charge in [-0.05, 0) is 31.2 Å². The molecular formula is C20H21ClF3N3O4S. The minimum absolute atomic E-state index is 0.0519. The number of piperazine rings is 1. The summed E-state index contributed by atoms with van der Waals surface area (Å²) < 4.78 is 46.3. The summed E-state index contributed by atoms with van der Waals surface area (Å²) in [5, 5.41) is 11.7. The van der Waals surface area contributed by atoms with Crippen LogP contribution >= 0.6 is 22.9 Å². The number of halogens is 4. The quantitative estimate of drug-likeness (QED) is 0.671. The van der Waals surface area contributed by atoms with Crippen LogP contribution in [0.25, 0.3) is 0 Å². The molecule has 1 aromatic carbocycles. The summed E-state index contributed by atoms with van der Waals surface area (Å²) in [4.78, 5) is 31.3. The average molecular weight is 492 g/mol. The van der Waals surface area contributed by atoms with Crippen molar-refractivity contribution in [3.63, 3.8) is 0 Å². The fourth-order valence-corrected chi connectivity index (χ4v) is 4.18. The number of aliphatic hydroxyl groups is 1. The zero-order valence-corrected chi connectivity index (χ0v) is 18.6. The van der Waals surface area contributed by atoms with Gasteiger partial charge in [-0.3, -0.25) is 9.59 Å². The second-order valence-electron chi connectivity index (χ2n) is 7.33. The molecule has 2 aromatic rings. The summed E-state index contributed by atoms with van der Waals surface area (Å²) in [6.07, 6.45) is -6.24. The van der Waals surface area contributed by atoms with E-state index in [9.17, 15) is 27.9 Å². The van der Waals surface area contributed by atoms with Crippen molar-refractivity contribution in [2.45, 2.75) is 25.1 Å². The van der Waals surface area contributed by atoms with E-state index < -0.39 is 29.1 Å². The van der Waals surface area contributed by atoms with Crippen LogP contribution in [0.3, 0.4) is 0 Å². The van der Waals surface area contributed by atoms with Crippen molar-refractivity contribution in [2.24, 2.45) is 0 Å². The van der Waals surface area contributed by atoms with E-state index >= 15 is 0 Å². The molecule has 2 amide bonds. The van der Waals surface area contributed by atoms with Crippen molar-refractivity contribution >= 4 is 34.8 Å². The lowest BCUT2D eigenvalue weighted by Crippen LogP contribution is -2.54. The minimum atomic E-state index is -5.07. The Balaban J connectivity index is 1.55. The SMILES string of the molecule is Cc1csc(C(O)(CC(=O)N2CCN(C(=O)COc3ccc(Cl)cc3)CC2)C(F)(F)F)n1. The van der Waals surface area contributed by atoms with Crippen LogP contribution < -0.4 is 4.74 Å². The van der Waals surface area contributed by atoms with E-state index in [1.165, 1.54) is 22.1 Å². The van der Waals surface area contributed by atoms with Gasteiger partial charge in [0.2, 0.25) is 11.5 Å². The normalized spacial score (nSPS) is 16.6. The maximum absolute atomic E-state index is 13.6. The fourth-order valence-electron chi connectivity index (χ4n) is 3.14. The van der Waals surface area contributed by atoms with Crippen LogP contribution in [0.4, 0.5) is 13.2 Å². The highest BCUT2D eigenvalue weighted by molar-refractivity contribution is 7.09. The molecule has 32 heavy (non-hydrogen) atoms. The third kappa shape index (κ3) is 5.51. The third-order valence-electron chi connectivity index (χ3n) is 5.01. The summed E-state index contributed by atoms with van der Waals surface area (Å²) in [7, 11) is 0. The second kappa shape index (κ2) is 9.63. The smallest absolute Gasteiger partial charge is 0.424 e. The van der Waals surface area contributed by atoms with E-state index in [-0.39, 0.29) is 38.7 Å². The molecule has 1 aliphatic heterocycles. The molecule has 0 aliphatic carbocycles. The van der Waals surface area contributed by atoms with Gasteiger partial charge in [0.1, 0.15) is 10.8 Å². The molecule has 1 fully saturated rings. The van der Waals surface area contributed by atoms with Crippen molar-refractivity contribution in [3.8, 4) is 5.75 Å². The van der Waals surface area contributed by atoms with E-state index in [0.717, 1.165) is 0 Å². The van der Waals surface area contributed by atoms with Crippen LogP contribution in [-0.2, 0) is 15.2 Å². The van der Waals surface area contributed by atoms with Gasteiger partial charge in [0.15, 0.2) is 6.61 Å². The fraction of sp³-hybridized carbons (Fsp3) is 0.450. The van der Waals surface area contributed by atoms with Gasteiger partial charge in [-0.25, -0.2) is 4.98 Å². The number of carbonyl (C=O) groups is 2. The molecule has 174 valence electrons. The molecule has 0 saturated carbocycles. The number of benzene rings is 1. The van der Waals surface area contributed by atoms with Crippen LogP contribution in [-0.4, -0.2) is 70.7 Å². The standard InChI is InChI=1S/C20H21ClF3N3O4S/c1-13-12-32-18(25-13)19(30,20(22,23)24)10-16(28)26-6-8-27(9-7-26)17(29)11-31-15-4-2-14(21)3-5-15/h2-5,12,30H,6-11H2,1H3. The van der Waals surface area contributed by atoms with Gasteiger partial charge in [-0.15, -0.1) is 11.3 Å². The molecule has 0 bridgehead atoms. The number of hydrogen-bond donors (Lipinski definition) is 1. The number of hydrogen-bond acceptors (Lipinski definition) is 6. The Hall–Kier alpha value is -2.37. The number of carbonyl (C=O) groups excluding carboxylic acids is 2. The first-order valence-electron chi connectivity index (χ1n) is 9.65. The van der Waals surface area contributed by atoms with E-state index in [1.807, 2.05) is 0 Å². The maximum Gasteiger partial charge on any atom is 0.424 e. The Labute approximate surface area is 191 Å². The van der Waals surface area contributed by atoms with E-state index in [2.05, 4.69) is 4.98 Å². The van der Waals surface area contributed by atoms with Crippen LogP contribution in [0.5, 0.6) is 5.75 Å². The zero-order chi connectivity index (χ0) is 23.5. The first-order chi connectivity index (χ1) is 15.0. The highest BCUT2D eigenvalue weighted by atomic mass is 35.5. The Morgan fingerprint density at radius 3 is 2.19 bits per heavy atom. The Bertz CT molecular complexity index is 962. The van der Waals surface area contributed by atoms with Crippen LogP contribution in [0.15, 0.2) is 29.6 Å². The number of nitrogens with zero attached hydrogens (tertiary/aromatic N) is 3. The van der Waals surface area contributed by atoms with Crippen molar-refractivity contribution in [3.05, 3.63) is 45.4 Å². The summed E-state index contributed by atoms with van der Waals surface area (Å²) in [5.74, 6) is -0.695. The molecule has 3 rings (SSSR count). The highest BCUT2D eigenvalue weighted by Crippen LogP contribution is 2.43. The van der Waals surface area contributed by atoms with Gasteiger partial charge < -0.3 is 19.6 Å². The molecule has 1 atom stereocenters. The molecule has 1 saturated heterocycles. The number of aromatic nitrogens is 1. The number of alkyl halides is 3. The number of thiazole rings is 1. The lowest BCUT2D eigenvalue weighted by atomic mass is 9.98. The molecule has 7 nitrogen and oxygen atoms in total. The third-order valence-corrected chi connectivity index (χ3v) is 6.37. The summed E-state index contributed by atoms with van der Waals surface area (Å²) in [5.41, 5.74) is -3.03. The first-order valence-corrected chi connectivity index (χ1v) is 10.9. The van der Waals surface area contributed by atoms with Crippen molar-refractivity contribution in [1.82, 2.24) is 14.8 Å². The van der Waals surface area contributed by atoms with E-state index in [1.54, 1.807) is 24.3 Å². The first kappa shape index (κ1) is 24.3. The van der Waals surface area contributed by atoms with Gasteiger partial charge >= 0.3 is 6.18 Å². The Kier molecular flexibility index (Phi) is 7.31. The molecular weight excluding hydrogens is 471 g/mol. The van der Waals surface area contributed by atoms with Gasteiger partial charge in [0, 0.05) is 42.3 Å². The largest absolute Gasteiger partial charge is 0.484 e. The van der Waals surface area contributed by atoms with Crippen LogP contribution in [0.1, 0.15) is 17.1 Å². The molecule has 0 spiro atoms. The summed E-state index contributed by atoms with van der Waals surface area (Å²) in [6.45, 7) is 1.69. The molecule has 0 radical (unpaired) electrons. The monoisotopic (exact) mass is 491 g/mol. The lowest BCUT2D eigenvalue weighted by Gasteiger charge is -2.36. The van der Waals surface area contributed by atoms with Gasteiger partial charge in [-0.1, -0.05) is 11.6 Å². The molecule has 1 N–H and O–H groups in total. The van der Waals surface area contributed by atoms with E-state index in [4.69, 9.17) is 16.3 Å². The summed E-state index contributed by atoms with van der Waals surface area (Å²) in [6, 6.07) is 6.50. The molecule has 12 heteroatoms. The minimum Gasteiger partial charge on any atom is -0.484 e. The second-order valence-corrected chi connectivity index (χ2v) is 8.63. The van der Waals surface area contributed by atoms with Crippen molar-refractivity contribution < 1.29 is 32.6 Å². The zero-order valence-electron chi connectivity index (χ0n) is 17.1. The number of rotatable bonds is 6. The molecule has 1 aliphatic rings. The summed E-state index contributed by atoms with van der Waals surface area (Å²) >= 11 is 6.45. The van der Waals surface area contributed by atoms with Gasteiger partial charge in [0.05, 0.1) is 6.42 Å². The van der Waals surface area contributed by atoms with Crippen LogP contribution in [0.2, 0.25) is 5.02 Å². The van der Waals surface area contributed by atoms with Gasteiger partial charge in [-0.2, -0.15) is 13.2 Å². The number of ether oxygens (including phenoxy) is 1. The van der Waals surface area contributed by atoms with Crippen molar-refractivity contribution in [1.29, 1.82) is 0 Å².